The third-order valence-corrected chi connectivity index (χ3v) is 5.29. The number of hydrogen-bond acceptors (Lipinski definition) is 6. The quantitative estimate of drug-likeness (QED) is 0.192. The molecule has 1 aromatic rings. The smallest absolute Gasteiger partial charge is 0.348 e. The first-order chi connectivity index (χ1) is 14.9. The van der Waals surface area contributed by atoms with Crippen molar-refractivity contribution < 1.29 is 41.4 Å². The molecule has 32 heavy (non-hydrogen) atoms. The Kier molecular flexibility index (Phi) is 7.67. The summed E-state index contributed by atoms with van der Waals surface area (Å²) in [5, 5.41) is 9.21. The lowest BCUT2D eigenvalue weighted by Crippen LogP contribution is -2.15. The highest BCUT2D eigenvalue weighted by Crippen LogP contribution is 2.60. The highest BCUT2D eigenvalue weighted by Gasteiger charge is 2.62. The topological polar surface area (TPSA) is 85.6 Å². The first-order valence-electron chi connectivity index (χ1n) is 9.70. The van der Waals surface area contributed by atoms with Crippen molar-refractivity contribution in [1.82, 2.24) is 0 Å². The minimum absolute atomic E-state index is 0.290. The molecule has 0 amide bonds. The molecule has 0 N–H and O–H groups in total. The van der Waals surface area contributed by atoms with Crippen LogP contribution < -0.4 is 0 Å². The van der Waals surface area contributed by atoms with E-state index in [0.29, 0.717) is 0 Å². The van der Waals surface area contributed by atoms with E-state index in [1.165, 1.54) is 6.08 Å². The number of allylic oxidation sites excluding steroid dienone is 1. The van der Waals surface area contributed by atoms with Gasteiger partial charge < -0.3 is 14.2 Å². The number of methoxy groups -OCH3 is 1. The van der Waals surface area contributed by atoms with Gasteiger partial charge in [-0.25, -0.2) is 22.4 Å². The summed E-state index contributed by atoms with van der Waals surface area (Å²) >= 11 is 0. The van der Waals surface area contributed by atoms with E-state index in [1.54, 1.807) is 33.8 Å². The van der Waals surface area contributed by atoms with E-state index in [4.69, 9.17) is 9.47 Å². The number of nitrogens with zero attached hydrogens (tertiary/aromatic N) is 1. The second-order valence-corrected chi connectivity index (χ2v) is 8.22. The highest BCUT2D eigenvalue weighted by atomic mass is 19.2. The summed E-state index contributed by atoms with van der Waals surface area (Å²) in [5.41, 5.74) is -3.00. The Labute approximate surface area is 182 Å². The maximum absolute atomic E-state index is 14.2. The molecule has 6 nitrogen and oxygen atoms in total. The maximum Gasteiger partial charge on any atom is 0.348 e. The highest BCUT2D eigenvalue weighted by molar-refractivity contribution is 5.93. The van der Waals surface area contributed by atoms with Crippen molar-refractivity contribution in [3.63, 3.8) is 0 Å². The molecule has 0 spiro atoms. The van der Waals surface area contributed by atoms with Crippen LogP contribution in [0, 0.1) is 51.9 Å². The van der Waals surface area contributed by atoms with Gasteiger partial charge in [-0.05, 0) is 25.2 Å². The molecule has 0 radical (unpaired) electrons. The fourth-order valence-corrected chi connectivity index (χ4v) is 3.40. The number of halogens is 4. The van der Waals surface area contributed by atoms with E-state index in [1.807, 2.05) is 0 Å². The molecule has 174 valence electrons. The van der Waals surface area contributed by atoms with Crippen LogP contribution >= 0.6 is 0 Å². The lowest BCUT2D eigenvalue weighted by Gasteiger charge is -2.12. The number of hydrogen-bond donors (Lipinski definition) is 0. The normalized spacial score (nSPS) is 19.5. The van der Waals surface area contributed by atoms with Crippen LogP contribution in [-0.2, 0) is 37.0 Å². The molecule has 0 aliphatic heterocycles. The van der Waals surface area contributed by atoms with Crippen LogP contribution in [0.25, 0.3) is 0 Å². The Morgan fingerprint density at radius 3 is 2.00 bits per heavy atom. The largest absolute Gasteiger partial charge is 0.460 e. The van der Waals surface area contributed by atoms with Crippen molar-refractivity contribution in [2.24, 2.45) is 17.3 Å². The molecule has 2 atom stereocenters. The molecule has 0 bridgehead atoms. The van der Waals surface area contributed by atoms with Crippen molar-refractivity contribution in [3.8, 4) is 6.07 Å². The molecular formula is C22H23F4NO5. The van der Waals surface area contributed by atoms with Crippen LogP contribution in [0.5, 0.6) is 0 Å². The number of esters is 2. The summed E-state index contributed by atoms with van der Waals surface area (Å²) < 4.78 is 70.9. The van der Waals surface area contributed by atoms with Crippen molar-refractivity contribution in [1.29, 1.82) is 5.26 Å². The second kappa shape index (κ2) is 9.69. The molecule has 2 unspecified atom stereocenters. The summed E-state index contributed by atoms with van der Waals surface area (Å²) in [4.78, 5) is 24.4. The van der Waals surface area contributed by atoms with Gasteiger partial charge in [-0.1, -0.05) is 19.9 Å². The Morgan fingerprint density at radius 2 is 1.56 bits per heavy atom. The molecule has 0 heterocycles. The Morgan fingerprint density at radius 1 is 1.06 bits per heavy atom. The van der Waals surface area contributed by atoms with E-state index < -0.39 is 82.9 Å². The third-order valence-electron chi connectivity index (χ3n) is 5.29. The molecule has 2 rings (SSSR count). The maximum atomic E-state index is 14.2. The third kappa shape index (κ3) is 4.93. The summed E-state index contributed by atoms with van der Waals surface area (Å²) in [6.45, 7) is 4.84. The molecule has 0 aromatic heterocycles. The van der Waals surface area contributed by atoms with Gasteiger partial charge in [0.15, 0.2) is 23.3 Å². The van der Waals surface area contributed by atoms with Crippen molar-refractivity contribution in [2.45, 2.75) is 47.0 Å². The van der Waals surface area contributed by atoms with Crippen LogP contribution in [0.15, 0.2) is 11.6 Å². The average Bonchev–Trinajstić information content (AvgIpc) is 3.26. The minimum Gasteiger partial charge on any atom is -0.460 e. The monoisotopic (exact) mass is 457 g/mol. The minimum atomic E-state index is -1.68. The van der Waals surface area contributed by atoms with Crippen molar-refractivity contribution in [2.75, 3.05) is 7.11 Å². The molecule has 10 heteroatoms. The first-order valence-corrected chi connectivity index (χ1v) is 9.70. The van der Waals surface area contributed by atoms with Crippen LogP contribution in [0.3, 0.4) is 0 Å². The van der Waals surface area contributed by atoms with Crippen LogP contribution in [0.4, 0.5) is 17.6 Å². The molecule has 0 saturated heterocycles. The molecule has 1 aromatic carbocycles. The Balaban J connectivity index is 2.18. The molecule has 1 aliphatic carbocycles. The standard InChI is InChI=1S/C22H23F4NO5/c1-10(2)32-20(28)11(7-27)6-14-15(22(14,3)4)21(29)31-9-13-18(25)16(23)12(8-30-5)17(24)19(13)26/h6,10,14-15H,8-9H2,1-5H3. The summed E-state index contributed by atoms with van der Waals surface area (Å²) in [7, 11) is 1.10. The SMILES string of the molecule is COCc1c(F)c(F)c(COC(=O)C2C(C=C(C#N)C(=O)OC(C)C)C2(C)C)c(F)c1F. The number of benzene rings is 1. The van der Waals surface area contributed by atoms with Gasteiger partial charge in [-0.15, -0.1) is 0 Å². The zero-order chi connectivity index (χ0) is 24.4. The van der Waals surface area contributed by atoms with Gasteiger partial charge in [0.25, 0.3) is 0 Å². The number of carbonyl (C=O) groups excluding carboxylic acids is 2. The van der Waals surface area contributed by atoms with Gasteiger partial charge in [-0.3, -0.25) is 4.79 Å². The summed E-state index contributed by atoms with van der Waals surface area (Å²) in [5.74, 6) is -9.80. The van der Waals surface area contributed by atoms with Gasteiger partial charge in [0, 0.05) is 7.11 Å². The average molecular weight is 457 g/mol. The second-order valence-electron chi connectivity index (χ2n) is 8.22. The predicted octanol–water partition coefficient (Wildman–Crippen LogP) is 4.11. The van der Waals surface area contributed by atoms with Crippen molar-refractivity contribution in [3.05, 3.63) is 46.0 Å². The Bertz CT molecular complexity index is 968. The number of rotatable bonds is 8. The zero-order valence-electron chi connectivity index (χ0n) is 18.2. The molecule has 1 fully saturated rings. The van der Waals surface area contributed by atoms with E-state index >= 15 is 0 Å². The molecule has 1 saturated carbocycles. The van der Waals surface area contributed by atoms with Crippen LogP contribution in [0.2, 0.25) is 0 Å². The lowest BCUT2D eigenvalue weighted by atomic mass is 10.1. The molecular weight excluding hydrogens is 434 g/mol. The van der Waals surface area contributed by atoms with Gasteiger partial charge in [-0.2, -0.15) is 5.26 Å². The predicted molar refractivity (Wildman–Crippen MR) is 102 cm³/mol. The lowest BCUT2D eigenvalue weighted by molar-refractivity contribution is -0.148. The summed E-state index contributed by atoms with van der Waals surface area (Å²) in [6, 6.07) is 1.72. The van der Waals surface area contributed by atoms with Gasteiger partial charge in [0.1, 0.15) is 18.2 Å². The fraction of sp³-hybridized carbons (Fsp3) is 0.500. The Hall–Kier alpha value is -2.93. The fourth-order valence-electron chi connectivity index (χ4n) is 3.40. The number of carbonyl (C=O) groups is 2. The van der Waals surface area contributed by atoms with E-state index in [0.717, 1.165) is 7.11 Å². The number of ether oxygens (including phenoxy) is 3. The van der Waals surface area contributed by atoms with E-state index in [2.05, 4.69) is 4.74 Å². The van der Waals surface area contributed by atoms with E-state index in [-0.39, 0.29) is 5.57 Å². The molecule has 1 aliphatic rings. The van der Waals surface area contributed by atoms with Crippen LogP contribution in [-0.4, -0.2) is 25.2 Å². The van der Waals surface area contributed by atoms with Gasteiger partial charge >= 0.3 is 11.9 Å². The van der Waals surface area contributed by atoms with E-state index in [9.17, 15) is 32.4 Å². The zero-order valence-corrected chi connectivity index (χ0v) is 18.2. The van der Waals surface area contributed by atoms with Crippen LogP contribution in [0.1, 0.15) is 38.8 Å². The van der Waals surface area contributed by atoms with Crippen molar-refractivity contribution >= 4 is 11.9 Å². The number of nitriles is 1. The summed E-state index contributed by atoms with van der Waals surface area (Å²) in [6.07, 6.45) is 0.838. The first kappa shape index (κ1) is 25.3. The van der Waals surface area contributed by atoms with Gasteiger partial charge in [0.2, 0.25) is 0 Å². The van der Waals surface area contributed by atoms with Gasteiger partial charge in [0.05, 0.1) is 29.8 Å².